The topological polar surface area (TPSA) is 50.5 Å². The molecule has 8 heteroatoms. The summed E-state index contributed by atoms with van der Waals surface area (Å²) in [6.07, 6.45) is -1.29. The van der Waals surface area contributed by atoms with Crippen LogP contribution in [0.2, 0.25) is 0 Å². The Morgan fingerprint density at radius 3 is 2.30 bits per heavy atom. The normalized spacial score (nSPS) is 18.5. The van der Waals surface area contributed by atoms with Crippen LogP contribution in [-0.2, 0) is 5.60 Å². The number of aromatic nitrogens is 2. The molecule has 0 saturated carbocycles. The number of halogens is 3. The van der Waals surface area contributed by atoms with E-state index in [0.717, 1.165) is 5.69 Å². The van der Waals surface area contributed by atoms with Crippen LogP contribution >= 0.6 is 0 Å². The number of aliphatic hydroxyl groups is 1. The van der Waals surface area contributed by atoms with E-state index in [9.17, 15) is 18.3 Å². The van der Waals surface area contributed by atoms with Gasteiger partial charge in [-0.2, -0.15) is 5.10 Å². The molecule has 0 spiro atoms. The van der Waals surface area contributed by atoms with Crippen LogP contribution in [0.3, 0.4) is 0 Å². The summed E-state index contributed by atoms with van der Waals surface area (Å²) in [4.78, 5) is 2.09. The molecule has 4 rings (SSSR count). The van der Waals surface area contributed by atoms with Crippen molar-refractivity contribution in [2.24, 2.45) is 5.41 Å². The van der Waals surface area contributed by atoms with Gasteiger partial charge in [0.15, 0.2) is 0 Å². The first-order valence-electron chi connectivity index (χ1n) is 9.48. The number of alkyl halides is 3. The molecule has 2 aromatic carbocycles. The van der Waals surface area contributed by atoms with E-state index in [-0.39, 0.29) is 5.75 Å². The maximum absolute atomic E-state index is 12.5. The summed E-state index contributed by atoms with van der Waals surface area (Å²) in [7, 11) is 1.96. The second-order valence-electron chi connectivity index (χ2n) is 8.02. The fraction of sp³-hybridized carbons (Fsp3) is 0.318. The smallest absolute Gasteiger partial charge is 0.406 e. The van der Waals surface area contributed by atoms with E-state index in [2.05, 4.69) is 14.7 Å². The van der Waals surface area contributed by atoms with Gasteiger partial charge in [-0.15, -0.1) is 13.2 Å². The number of ether oxygens (including phenoxy) is 1. The van der Waals surface area contributed by atoms with Gasteiger partial charge in [0.25, 0.3) is 0 Å². The quantitative estimate of drug-likeness (QED) is 0.683. The van der Waals surface area contributed by atoms with Gasteiger partial charge in [-0.25, -0.2) is 4.68 Å². The van der Waals surface area contributed by atoms with Crippen molar-refractivity contribution >= 4 is 0 Å². The number of hydrogen-bond donors (Lipinski definition) is 1. The molecule has 0 unspecified atom stereocenters. The Bertz CT molecular complexity index is 1010. The van der Waals surface area contributed by atoms with E-state index >= 15 is 0 Å². The van der Waals surface area contributed by atoms with Gasteiger partial charge in [0.05, 0.1) is 5.69 Å². The minimum atomic E-state index is -4.77. The van der Waals surface area contributed by atoms with Gasteiger partial charge in [-0.05, 0) is 48.5 Å². The molecule has 1 aromatic heterocycles. The number of benzene rings is 2. The molecular weight excluding hydrogens is 395 g/mol. The predicted octanol–water partition coefficient (Wildman–Crippen LogP) is 3.96. The maximum Gasteiger partial charge on any atom is 0.573 e. The third kappa shape index (κ3) is 3.57. The molecule has 1 N–H and O–H groups in total. The maximum atomic E-state index is 12.5. The van der Waals surface area contributed by atoms with Crippen molar-refractivity contribution in [3.8, 4) is 11.4 Å². The van der Waals surface area contributed by atoms with Crippen LogP contribution in [0.15, 0.2) is 67.0 Å². The Kier molecular flexibility index (Phi) is 4.86. The average Bonchev–Trinajstić information content (AvgIpc) is 3.20. The zero-order valence-corrected chi connectivity index (χ0v) is 16.6. The summed E-state index contributed by atoms with van der Waals surface area (Å²) < 4.78 is 43.3. The van der Waals surface area contributed by atoms with Crippen molar-refractivity contribution < 1.29 is 23.0 Å². The Hall–Kier alpha value is -2.84. The van der Waals surface area contributed by atoms with E-state index < -0.39 is 17.4 Å². The van der Waals surface area contributed by atoms with Gasteiger partial charge in [0.1, 0.15) is 11.4 Å². The molecule has 5 nitrogen and oxygen atoms in total. The van der Waals surface area contributed by atoms with Gasteiger partial charge in [0, 0.05) is 30.9 Å². The van der Waals surface area contributed by atoms with Crippen molar-refractivity contribution in [2.45, 2.75) is 18.9 Å². The number of nitrogens with zero attached hydrogens (tertiary/aromatic N) is 3. The molecule has 0 radical (unpaired) electrons. The molecule has 158 valence electrons. The van der Waals surface area contributed by atoms with E-state index in [0.29, 0.717) is 24.2 Å². The highest BCUT2D eigenvalue weighted by Crippen LogP contribution is 2.50. The van der Waals surface area contributed by atoms with Crippen LogP contribution in [0.1, 0.15) is 18.1 Å². The first-order chi connectivity index (χ1) is 14.1. The molecule has 30 heavy (non-hydrogen) atoms. The number of hydrogen-bond acceptors (Lipinski definition) is 4. The second-order valence-corrected chi connectivity index (χ2v) is 8.02. The summed E-state index contributed by atoms with van der Waals surface area (Å²) >= 11 is 0. The van der Waals surface area contributed by atoms with E-state index in [1.54, 1.807) is 23.1 Å². The lowest BCUT2D eigenvalue weighted by molar-refractivity contribution is -0.274. The summed E-state index contributed by atoms with van der Waals surface area (Å²) in [5.41, 5.74) is -0.0129. The van der Waals surface area contributed by atoms with Crippen LogP contribution in [0, 0.1) is 5.41 Å². The Labute approximate surface area is 172 Å². The zero-order valence-electron chi connectivity index (χ0n) is 16.6. The molecular formula is C22H22F3N3O2. The lowest BCUT2D eigenvalue weighted by atomic mass is 9.62. The minimum absolute atomic E-state index is 0.324. The summed E-state index contributed by atoms with van der Waals surface area (Å²) in [6, 6.07) is 14.7. The Morgan fingerprint density at radius 1 is 1.03 bits per heavy atom. The van der Waals surface area contributed by atoms with Crippen molar-refractivity contribution in [3.05, 3.63) is 78.1 Å². The Morgan fingerprint density at radius 2 is 1.73 bits per heavy atom. The predicted molar refractivity (Wildman–Crippen MR) is 105 cm³/mol. The highest BCUT2D eigenvalue weighted by Gasteiger charge is 2.55. The summed E-state index contributed by atoms with van der Waals surface area (Å²) in [6.45, 7) is 3.25. The van der Waals surface area contributed by atoms with Crippen LogP contribution in [-0.4, -0.2) is 46.3 Å². The van der Waals surface area contributed by atoms with Crippen molar-refractivity contribution in [1.82, 2.24) is 14.7 Å². The zero-order chi connectivity index (χ0) is 21.6. The van der Waals surface area contributed by atoms with Crippen LogP contribution in [0.25, 0.3) is 5.69 Å². The Balaban J connectivity index is 1.78. The van der Waals surface area contributed by atoms with Crippen LogP contribution in [0.4, 0.5) is 13.2 Å². The van der Waals surface area contributed by atoms with E-state index in [1.807, 2.05) is 38.2 Å². The van der Waals surface area contributed by atoms with E-state index in [1.165, 1.54) is 24.3 Å². The fourth-order valence-corrected chi connectivity index (χ4v) is 4.43. The molecule has 2 heterocycles. The first kappa shape index (κ1) is 20.4. The lowest BCUT2D eigenvalue weighted by Gasteiger charge is -2.56. The third-order valence-corrected chi connectivity index (χ3v) is 5.65. The molecule has 0 amide bonds. The van der Waals surface area contributed by atoms with Gasteiger partial charge >= 0.3 is 6.36 Å². The highest BCUT2D eigenvalue weighted by molar-refractivity contribution is 5.46. The third-order valence-electron chi connectivity index (χ3n) is 5.65. The minimum Gasteiger partial charge on any atom is -0.406 e. The largest absolute Gasteiger partial charge is 0.573 e. The molecule has 0 aliphatic carbocycles. The number of rotatable bonds is 5. The SMILES string of the molecule is CN1CC(C)([C@@](O)(c2ccc(OC(F)(F)F)cc2)c2cccc(-n3cccn3)c2)C1. The van der Waals surface area contributed by atoms with Crippen LogP contribution in [0.5, 0.6) is 5.75 Å². The van der Waals surface area contributed by atoms with Crippen LogP contribution < -0.4 is 4.74 Å². The highest BCUT2D eigenvalue weighted by atomic mass is 19.4. The molecule has 1 atom stereocenters. The van der Waals surface area contributed by atoms with Crippen molar-refractivity contribution in [3.63, 3.8) is 0 Å². The fourth-order valence-electron chi connectivity index (χ4n) is 4.43. The lowest BCUT2D eigenvalue weighted by Crippen LogP contribution is -2.63. The summed E-state index contributed by atoms with van der Waals surface area (Å²) in [5, 5.41) is 16.3. The molecule has 1 aliphatic heterocycles. The van der Waals surface area contributed by atoms with E-state index in [4.69, 9.17) is 0 Å². The molecule has 1 aliphatic rings. The van der Waals surface area contributed by atoms with Gasteiger partial charge in [0.2, 0.25) is 0 Å². The first-order valence-corrected chi connectivity index (χ1v) is 9.48. The van der Waals surface area contributed by atoms with Gasteiger partial charge < -0.3 is 14.7 Å². The second kappa shape index (κ2) is 7.14. The van der Waals surface area contributed by atoms with Crippen molar-refractivity contribution in [2.75, 3.05) is 20.1 Å². The van der Waals surface area contributed by atoms with Crippen molar-refractivity contribution in [1.29, 1.82) is 0 Å². The summed E-state index contributed by atoms with van der Waals surface area (Å²) in [5.74, 6) is -0.324. The standard InChI is InChI=1S/C22H22F3N3O2/c1-20(14-27(2)15-20)21(29,16-7-9-19(10-8-16)30-22(23,24)25)17-5-3-6-18(13-17)28-12-4-11-26-28/h3-13,29H,14-15H2,1-2H3/t21-/m1/s1. The molecule has 0 bridgehead atoms. The average molecular weight is 417 g/mol. The monoisotopic (exact) mass is 417 g/mol. The number of likely N-dealkylation sites (tertiary alicyclic amines) is 1. The molecule has 3 aromatic rings. The molecule has 1 fully saturated rings. The van der Waals surface area contributed by atoms with Gasteiger partial charge in [-0.1, -0.05) is 31.2 Å². The van der Waals surface area contributed by atoms with Gasteiger partial charge in [-0.3, -0.25) is 0 Å². The molecule has 1 saturated heterocycles.